The standard InChI is InChI=1S/C7H13F3N2O2/c1-5(6(13)12(2)3)11-14-4-7(8,9)10/h5,11H,4H2,1-3H3. The molecule has 0 aromatic rings. The molecule has 84 valence electrons. The van der Waals surface area contributed by atoms with Crippen LogP contribution in [0.25, 0.3) is 0 Å². The van der Waals surface area contributed by atoms with Crippen LogP contribution >= 0.6 is 0 Å². The molecule has 0 radical (unpaired) electrons. The second-order valence-electron chi connectivity index (χ2n) is 2.98. The summed E-state index contributed by atoms with van der Waals surface area (Å²) in [6.07, 6.45) is -4.39. The number of hydroxylamine groups is 1. The van der Waals surface area contributed by atoms with Gasteiger partial charge >= 0.3 is 6.18 Å². The summed E-state index contributed by atoms with van der Waals surface area (Å²) in [5, 5.41) is 0. The van der Waals surface area contributed by atoms with Gasteiger partial charge in [-0.2, -0.15) is 18.7 Å². The molecule has 14 heavy (non-hydrogen) atoms. The number of nitrogens with zero attached hydrogens (tertiary/aromatic N) is 1. The number of alkyl halides is 3. The van der Waals surface area contributed by atoms with Gasteiger partial charge in [0.25, 0.3) is 0 Å². The van der Waals surface area contributed by atoms with E-state index in [1.165, 1.54) is 25.9 Å². The normalized spacial score (nSPS) is 13.9. The fourth-order valence-electron chi connectivity index (χ4n) is 0.686. The first-order chi connectivity index (χ1) is 6.24. The summed E-state index contributed by atoms with van der Waals surface area (Å²) in [5.41, 5.74) is 2.01. The molecule has 7 heteroatoms. The number of carbonyl (C=O) groups excluding carboxylic acids is 1. The van der Waals surface area contributed by atoms with E-state index in [2.05, 4.69) is 4.84 Å². The molecule has 0 aliphatic rings. The highest BCUT2D eigenvalue weighted by Crippen LogP contribution is 2.13. The third kappa shape index (κ3) is 5.76. The van der Waals surface area contributed by atoms with Gasteiger partial charge in [-0.05, 0) is 6.92 Å². The maximum atomic E-state index is 11.6. The van der Waals surface area contributed by atoms with E-state index in [0.717, 1.165) is 0 Å². The Morgan fingerprint density at radius 1 is 1.50 bits per heavy atom. The summed E-state index contributed by atoms with van der Waals surface area (Å²) in [7, 11) is 3.01. The van der Waals surface area contributed by atoms with Crippen LogP contribution in [-0.4, -0.2) is 43.7 Å². The molecule has 0 aromatic heterocycles. The fraction of sp³-hybridized carbons (Fsp3) is 0.857. The topological polar surface area (TPSA) is 41.6 Å². The van der Waals surface area contributed by atoms with Gasteiger partial charge in [0.15, 0.2) is 6.61 Å². The Labute approximate surface area is 80.0 Å². The van der Waals surface area contributed by atoms with E-state index in [9.17, 15) is 18.0 Å². The van der Waals surface area contributed by atoms with Crippen LogP contribution in [-0.2, 0) is 9.63 Å². The van der Waals surface area contributed by atoms with Crippen LogP contribution in [0.1, 0.15) is 6.92 Å². The summed E-state index contributed by atoms with van der Waals surface area (Å²) in [6.45, 7) is -0.00322. The Morgan fingerprint density at radius 3 is 2.36 bits per heavy atom. The predicted octanol–water partition coefficient (Wildman–Crippen LogP) is 0.547. The van der Waals surface area contributed by atoms with Gasteiger partial charge in [-0.3, -0.25) is 9.63 Å². The number of likely N-dealkylation sites (N-methyl/N-ethyl adjacent to an activating group) is 1. The number of nitrogens with one attached hydrogen (secondary N) is 1. The van der Waals surface area contributed by atoms with Crippen molar-refractivity contribution in [3.63, 3.8) is 0 Å². The Kier molecular flexibility index (Phi) is 4.86. The number of amides is 1. The molecule has 0 heterocycles. The molecule has 1 N–H and O–H groups in total. The molecule has 0 saturated carbocycles. The number of halogens is 3. The smallest absolute Gasteiger partial charge is 0.347 e. The van der Waals surface area contributed by atoms with Crippen molar-refractivity contribution in [3.05, 3.63) is 0 Å². The summed E-state index contributed by atoms with van der Waals surface area (Å²) in [5.74, 6) is -0.354. The molecule has 4 nitrogen and oxygen atoms in total. The van der Waals surface area contributed by atoms with Crippen molar-refractivity contribution in [1.82, 2.24) is 10.4 Å². The molecular formula is C7H13F3N2O2. The summed E-state index contributed by atoms with van der Waals surface area (Å²) < 4.78 is 34.8. The fourth-order valence-corrected chi connectivity index (χ4v) is 0.686. The lowest BCUT2D eigenvalue weighted by atomic mass is 10.3. The maximum absolute atomic E-state index is 11.6. The molecule has 0 aliphatic carbocycles. The first kappa shape index (κ1) is 13.2. The monoisotopic (exact) mass is 214 g/mol. The quantitative estimate of drug-likeness (QED) is 0.695. The lowest BCUT2D eigenvalue weighted by Gasteiger charge is -2.18. The van der Waals surface area contributed by atoms with Crippen LogP contribution in [0.2, 0.25) is 0 Å². The molecule has 0 bridgehead atoms. The lowest BCUT2D eigenvalue weighted by molar-refractivity contribution is -0.193. The van der Waals surface area contributed by atoms with Gasteiger partial charge in [-0.1, -0.05) is 0 Å². The zero-order valence-corrected chi connectivity index (χ0v) is 8.18. The number of hydrogen-bond acceptors (Lipinski definition) is 3. The summed E-state index contributed by atoms with van der Waals surface area (Å²) in [6, 6.07) is -0.799. The van der Waals surface area contributed by atoms with Crippen LogP contribution < -0.4 is 5.48 Å². The number of rotatable bonds is 4. The van der Waals surface area contributed by atoms with Gasteiger partial charge in [0, 0.05) is 14.1 Å². The van der Waals surface area contributed by atoms with Gasteiger partial charge in [0.1, 0.15) is 6.04 Å². The van der Waals surface area contributed by atoms with Gasteiger partial charge in [0.05, 0.1) is 0 Å². The second-order valence-corrected chi connectivity index (χ2v) is 2.98. The minimum absolute atomic E-state index is 0.354. The molecular weight excluding hydrogens is 201 g/mol. The van der Waals surface area contributed by atoms with Gasteiger partial charge in [-0.25, -0.2) is 0 Å². The zero-order chi connectivity index (χ0) is 11.4. The highest BCUT2D eigenvalue weighted by Gasteiger charge is 2.28. The van der Waals surface area contributed by atoms with Crippen LogP contribution in [0, 0.1) is 0 Å². The summed E-state index contributed by atoms with van der Waals surface area (Å²) in [4.78, 5) is 16.5. The van der Waals surface area contributed by atoms with E-state index in [1.54, 1.807) is 0 Å². The van der Waals surface area contributed by atoms with E-state index in [4.69, 9.17) is 0 Å². The second kappa shape index (κ2) is 5.16. The van der Waals surface area contributed by atoms with Crippen molar-refractivity contribution >= 4 is 5.91 Å². The SMILES string of the molecule is CC(NOCC(F)(F)F)C(=O)N(C)C. The molecule has 0 rings (SSSR count). The molecule has 0 spiro atoms. The molecule has 1 atom stereocenters. The number of carbonyl (C=O) groups is 1. The third-order valence-corrected chi connectivity index (χ3v) is 1.31. The Bertz CT molecular complexity index is 194. The van der Waals surface area contributed by atoms with E-state index in [1.807, 2.05) is 5.48 Å². The van der Waals surface area contributed by atoms with Crippen molar-refractivity contribution < 1.29 is 22.8 Å². The third-order valence-electron chi connectivity index (χ3n) is 1.31. The summed E-state index contributed by atoms with van der Waals surface area (Å²) >= 11 is 0. The van der Waals surface area contributed by atoms with Gasteiger partial charge in [0.2, 0.25) is 5.91 Å². The van der Waals surface area contributed by atoms with Crippen molar-refractivity contribution in [2.24, 2.45) is 0 Å². The number of hydrogen-bond donors (Lipinski definition) is 1. The Balaban J connectivity index is 3.75. The van der Waals surface area contributed by atoms with Crippen LogP contribution in [0.4, 0.5) is 13.2 Å². The van der Waals surface area contributed by atoms with Crippen LogP contribution in [0.3, 0.4) is 0 Å². The lowest BCUT2D eigenvalue weighted by Crippen LogP contribution is -2.42. The molecule has 1 unspecified atom stereocenters. The highest BCUT2D eigenvalue weighted by molar-refractivity contribution is 5.80. The largest absolute Gasteiger partial charge is 0.413 e. The van der Waals surface area contributed by atoms with E-state index >= 15 is 0 Å². The van der Waals surface area contributed by atoms with E-state index in [0.29, 0.717) is 0 Å². The average Bonchev–Trinajstić information content (AvgIpc) is 2.00. The minimum Gasteiger partial charge on any atom is -0.347 e. The highest BCUT2D eigenvalue weighted by atomic mass is 19.4. The average molecular weight is 214 g/mol. The van der Waals surface area contributed by atoms with Crippen molar-refractivity contribution in [2.45, 2.75) is 19.1 Å². The van der Waals surface area contributed by atoms with Crippen LogP contribution in [0.15, 0.2) is 0 Å². The molecule has 0 fully saturated rings. The van der Waals surface area contributed by atoms with E-state index in [-0.39, 0.29) is 5.91 Å². The van der Waals surface area contributed by atoms with Gasteiger partial charge in [-0.15, -0.1) is 0 Å². The first-order valence-electron chi connectivity index (χ1n) is 3.89. The Morgan fingerprint density at radius 2 is 2.00 bits per heavy atom. The van der Waals surface area contributed by atoms with E-state index < -0.39 is 18.8 Å². The molecule has 1 amide bonds. The minimum atomic E-state index is -4.39. The first-order valence-corrected chi connectivity index (χ1v) is 3.89. The van der Waals surface area contributed by atoms with Crippen molar-refractivity contribution in [1.29, 1.82) is 0 Å². The van der Waals surface area contributed by atoms with Gasteiger partial charge < -0.3 is 4.90 Å². The predicted molar refractivity (Wildman–Crippen MR) is 43.3 cm³/mol. The van der Waals surface area contributed by atoms with Crippen molar-refractivity contribution in [3.8, 4) is 0 Å². The Hall–Kier alpha value is -0.820. The molecule has 0 saturated heterocycles. The molecule has 0 aromatic carbocycles. The van der Waals surface area contributed by atoms with Crippen LogP contribution in [0.5, 0.6) is 0 Å². The molecule has 0 aliphatic heterocycles. The maximum Gasteiger partial charge on any atom is 0.413 e. The zero-order valence-electron chi connectivity index (χ0n) is 8.18. The van der Waals surface area contributed by atoms with Crippen molar-refractivity contribution in [2.75, 3.05) is 20.7 Å².